The van der Waals surface area contributed by atoms with Crippen molar-refractivity contribution in [2.45, 2.75) is 19.6 Å². The van der Waals surface area contributed by atoms with Gasteiger partial charge in [-0.25, -0.2) is 0 Å². The fraction of sp³-hybridized carbons (Fsp3) is 0.300. The van der Waals surface area contributed by atoms with Gasteiger partial charge in [0.2, 0.25) is 0 Å². The van der Waals surface area contributed by atoms with Crippen molar-refractivity contribution in [1.29, 1.82) is 0 Å². The molecule has 1 aliphatic heterocycles. The molecule has 1 saturated heterocycles. The highest BCUT2D eigenvalue weighted by atomic mass is 16.5. The summed E-state index contributed by atoms with van der Waals surface area (Å²) < 4.78 is 5.47. The predicted molar refractivity (Wildman–Crippen MR) is 144 cm³/mol. The third kappa shape index (κ3) is 5.99. The zero-order chi connectivity index (χ0) is 24.0. The van der Waals surface area contributed by atoms with E-state index in [9.17, 15) is 0 Å². The first-order chi connectivity index (χ1) is 17.2. The molecule has 1 aliphatic rings. The van der Waals surface area contributed by atoms with Crippen LogP contribution in [-0.2, 0) is 19.6 Å². The molecular weight excluding hydrogens is 432 g/mol. The van der Waals surface area contributed by atoms with Gasteiger partial charge in [-0.3, -0.25) is 9.88 Å². The highest BCUT2D eigenvalue weighted by Gasteiger charge is 2.15. The van der Waals surface area contributed by atoms with Crippen LogP contribution >= 0.6 is 0 Å². The number of hydrogen-bond acceptors (Lipinski definition) is 5. The first-order valence-corrected chi connectivity index (χ1v) is 12.4. The number of pyridine rings is 1. The van der Waals surface area contributed by atoms with E-state index in [1.165, 1.54) is 27.8 Å². The van der Waals surface area contributed by atoms with Crippen molar-refractivity contribution in [2.24, 2.45) is 0 Å². The maximum Gasteiger partial charge on any atom is 0.119 e. The van der Waals surface area contributed by atoms with Crippen molar-refractivity contribution >= 4 is 16.6 Å². The Morgan fingerprint density at radius 2 is 1.54 bits per heavy atom. The highest BCUT2D eigenvalue weighted by molar-refractivity contribution is 5.79. The van der Waals surface area contributed by atoms with Crippen LogP contribution in [0.4, 0.5) is 5.69 Å². The summed E-state index contributed by atoms with van der Waals surface area (Å²) in [7, 11) is 3.92. The lowest BCUT2D eigenvalue weighted by Gasteiger charge is -2.32. The number of anilines is 1. The van der Waals surface area contributed by atoms with Gasteiger partial charge < -0.3 is 14.5 Å². The summed E-state index contributed by atoms with van der Waals surface area (Å²) in [6.07, 6.45) is 1.86. The zero-order valence-electron chi connectivity index (χ0n) is 20.7. The number of fused-ring (bicyclic) bond motifs is 1. The van der Waals surface area contributed by atoms with Gasteiger partial charge in [0.05, 0.1) is 12.6 Å². The molecule has 5 heteroatoms. The molecule has 0 aliphatic carbocycles. The fourth-order valence-corrected chi connectivity index (χ4v) is 4.74. The van der Waals surface area contributed by atoms with Crippen LogP contribution in [0.25, 0.3) is 10.9 Å². The molecule has 0 unspecified atom stereocenters. The molecule has 5 nitrogen and oxygen atoms in total. The topological polar surface area (TPSA) is 31.8 Å². The molecule has 0 spiro atoms. The summed E-state index contributed by atoms with van der Waals surface area (Å²) in [5, 5.41) is 1.17. The first kappa shape index (κ1) is 23.3. The lowest BCUT2D eigenvalue weighted by Crippen LogP contribution is -2.43. The second kappa shape index (κ2) is 10.9. The molecule has 2 heterocycles. The van der Waals surface area contributed by atoms with E-state index < -0.39 is 0 Å². The van der Waals surface area contributed by atoms with Crippen LogP contribution in [0.2, 0.25) is 0 Å². The van der Waals surface area contributed by atoms with Crippen molar-refractivity contribution in [3.05, 3.63) is 102 Å². The summed E-state index contributed by atoms with van der Waals surface area (Å²) in [6, 6.07) is 28.1. The van der Waals surface area contributed by atoms with Gasteiger partial charge in [0.25, 0.3) is 0 Å². The van der Waals surface area contributed by atoms with Gasteiger partial charge in [-0.15, -0.1) is 0 Å². The van der Waals surface area contributed by atoms with Crippen molar-refractivity contribution < 1.29 is 4.74 Å². The quantitative estimate of drug-likeness (QED) is 0.356. The van der Waals surface area contributed by atoms with E-state index in [1.54, 1.807) is 7.11 Å². The average molecular weight is 467 g/mol. The summed E-state index contributed by atoms with van der Waals surface area (Å²) >= 11 is 0. The number of hydrogen-bond donors (Lipinski definition) is 0. The van der Waals surface area contributed by atoms with E-state index >= 15 is 0 Å². The minimum Gasteiger partial charge on any atom is -0.497 e. The first-order valence-electron chi connectivity index (χ1n) is 12.4. The summed E-state index contributed by atoms with van der Waals surface area (Å²) in [5.41, 5.74) is 6.10. The molecule has 1 aromatic heterocycles. The molecule has 1 fully saturated rings. The Bertz CT molecular complexity index is 1250. The van der Waals surface area contributed by atoms with Crippen LogP contribution < -0.4 is 9.64 Å². The van der Waals surface area contributed by atoms with E-state index in [0.717, 1.165) is 57.1 Å². The maximum absolute atomic E-state index is 5.47. The second-order valence-corrected chi connectivity index (χ2v) is 9.48. The van der Waals surface area contributed by atoms with Crippen molar-refractivity contribution in [1.82, 2.24) is 14.8 Å². The number of rotatable bonds is 8. The van der Waals surface area contributed by atoms with Crippen LogP contribution in [0.3, 0.4) is 0 Å². The van der Waals surface area contributed by atoms with Crippen LogP contribution in [0.15, 0.2) is 85.1 Å². The molecule has 0 bridgehead atoms. The number of piperazine rings is 1. The normalized spacial score (nSPS) is 14.8. The minimum absolute atomic E-state index is 0.801. The van der Waals surface area contributed by atoms with E-state index in [4.69, 9.17) is 4.74 Å². The molecule has 0 radical (unpaired) electrons. The number of likely N-dealkylation sites (N-methyl/N-ethyl adjacent to an activating group) is 1. The molecule has 180 valence electrons. The number of benzene rings is 3. The van der Waals surface area contributed by atoms with Gasteiger partial charge in [0, 0.05) is 63.1 Å². The van der Waals surface area contributed by atoms with Gasteiger partial charge >= 0.3 is 0 Å². The largest absolute Gasteiger partial charge is 0.497 e. The van der Waals surface area contributed by atoms with Crippen molar-refractivity contribution in [3.63, 3.8) is 0 Å². The van der Waals surface area contributed by atoms with Crippen LogP contribution in [0.1, 0.15) is 16.7 Å². The zero-order valence-corrected chi connectivity index (χ0v) is 20.7. The lowest BCUT2D eigenvalue weighted by molar-refractivity contribution is 0.148. The van der Waals surface area contributed by atoms with Gasteiger partial charge in [-0.1, -0.05) is 42.5 Å². The van der Waals surface area contributed by atoms with E-state index in [2.05, 4.69) is 93.5 Å². The third-order valence-corrected chi connectivity index (χ3v) is 6.85. The lowest BCUT2D eigenvalue weighted by atomic mass is 10.1. The smallest absolute Gasteiger partial charge is 0.119 e. The van der Waals surface area contributed by atoms with Crippen LogP contribution in [0, 0.1) is 0 Å². The summed E-state index contributed by atoms with van der Waals surface area (Å²) in [4.78, 5) is 11.9. The van der Waals surface area contributed by atoms with E-state index in [1.807, 2.05) is 18.3 Å². The van der Waals surface area contributed by atoms with E-state index in [-0.39, 0.29) is 0 Å². The predicted octanol–water partition coefficient (Wildman–Crippen LogP) is 5.20. The van der Waals surface area contributed by atoms with Crippen LogP contribution in [0.5, 0.6) is 5.75 Å². The van der Waals surface area contributed by atoms with Gasteiger partial charge in [0.15, 0.2) is 0 Å². The highest BCUT2D eigenvalue weighted by Crippen LogP contribution is 2.24. The Morgan fingerprint density at radius 1 is 0.800 bits per heavy atom. The summed E-state index contributed by atoms with van der Waals surface area (Å²) in [5.74, 6) is 0.889. The average Bonchev–Trinajstić information content (AvgIpc) is 2.90. The number of methoxy groups -OCH3 is 1. The molecule has 0 atom stereocenters. The molecule has 3 aromatic carbocycles. The molecule has 5 rings (SSSR count). The van der Waals surface area contributed by atoms with Gasteiger partial charge in [-0.2, -0.15) is 0 Å². The number of nitrogens with zero attached hydrogens (tertiary/aromatic N) is 4. The Hall–Kier alpha value is -3.41. The molecule has 0 saturated carbocycles. The second-order valence-electron chi connectivity index (χ2n) is 9.48. The maximum atomic E-state index is 5.47. The standard InChI is InChI=1S/C30H34N4O/c1-32-15-17-33(18-16-32)21-24-9-12-28(13-10-24)34(22-25-5-3-7-29(19-25)35-2)23-26-8-11-27-6-4-14-31-30(27)20-26/h3-14,19-20H,15-18,21-23H2,1-2H3. The fourth-order valence-electron chi connectivity index (χ4n) is 4.74. The van der Waals surface area contributed by atoms with Gasteiger partial charge in [0.1, 0.15) is 5.75 Å². The van der Waals surface area contributed by atoms with Crippen molar-refractivity contribution in [3.8, 4) is 5.75 Å². The number of ether oxygens (including phenoxy) is 1. The molecular formula is C30H34N4O. The third-order valence-electron chi connectivity index (χ3n) is 6.85. The summed E-state index contributed by atoms with van der Waals surface area (Å²) in [6.45, 7) is 7.18. The number of aromatic nitrogens is 1. The Kier molecular flexibility index (Phi) is 7.26. The van der Waals surface area contributed by atoms with E-state index in [0.29, 0.717) is 0 Å². The monoisotopic (exact) mass is 466 g/mol. The minimum atomic E-state index is 0.801. The molecule has 4 aromatic rings. The molecule has 0 N–H and O–H groups in total. The molecule has 0 amide bonds. The van der Waals surface area contributed by atoms with Crippen molar-refractivity contribution in [2.75, 3.05) is 45.2 Å². The Balaban J connectivity index is 1.37. The Morgan fingerprint density at radius 3 is 2.31 bits per heavy atom. The van der Waals surface area contributed by atoms with Crippen LogP contribution in [-0.4, -0.2) is 55.1 Å². The SMILES string of the molecule is COc1cccc(CN(Cc2ccc3cccnc3c2)c2ccc(CN3CCN(C)CC3)cc2)c1. The Labute approximate surface area is 208 Å². The van der Waals surface area contributed by atoms with Gasteiger partial charge in [-0.05, 0) is 60.1 Å². The molecule has 35 heavy (non-hydrogen) atoms.